The average Bonchev–Trinajstić information content (AvgIpc) is 2.87. The quantitative estimate of drug-likeness (QED) is 0.699. The van der Waals surface area contributed by atoms with Gasteiger partial charge in [0.25, 0.3) is 0 Å². The predicted molar refractivity (Wildman–Crippen MR) is 74.2 cm³/mol. The monoisotopic (exact) mass is 302 g/mol. The molecule has 4 nitrogen and oxygen atoms in total. The van der Waals surface area contributed by atoms with Gasteiger partial charge in [-0.25, -0.2) is 4.68 Å². The highest BCUT2D eigenvalue weighted by Gasteiger charge is 2.06. The predicted octanol–water partition coefficient (Wildman–Crippen LogP) is 2.75. The van der Waals surface area contributed by atoms with Gasteiger partial charge in [0.1, 0.15) is 0 Å². The first-order chi connectivity index (χ1) is 8.88. The molecule has 2 aromatic heterocycles. The van der Waals surface area contributed by atoms with Crippen LogP contribution in [0.5, 0.6) is 0 Å². The Balaban J connectivity index is 2.12. The first kappa shape index (κ1) is 11.3. The van der Waals surface area contributed by atoms with Gasteiger partial charge in [0.05, 0.1) is 17.6 Å². The van der Waals surface area contributed by atoms with Gasteiger partial charge in [0.2, 0.25) is 0 Å². The summed E-state index contributed by atoms with van der Waals surface area (Å²) in [5, 5.41) is 11.4. The Kier molecular flexibility index (Phi) is 3.06. The summed E-state index contributed by atoms with van der Waals surface area (Å²) in [5.74, 6) is 0. The minimum Gasteiger partial charge on any atom is -0.264 e. The molecule has 90 valence electrons. The Labute approximate surface area is 113 Å². The molecule has 0 N–H and O–H groups in total. The molecule has 0 saturated carbocycles. The van der Waals surface area contributed by atoms with E-state index in [9.17, 15) is 0 Å². The van der Waals surface area contributed by atoms with E-state index in [0.717, 1.165) is 33.9 Å². The van der Waals surface area contributed by atoms with Crippen LogP contribution in [0.15, 0.2) is 42.9 Å². The fourth-order valence-corrected chi connectivity index (χ4v) is 2.33. The van der Waals surface area contributed by atoms with Gasteiger partial charge in [-0.3, -0.25) is 4.98 Å². The van der Waals surface area contributed by atoms with Crippen molar-refractivity contribution in [2.45, 2.75) is 6.42 Å². The van der Waals surface area contributed by atoms with Crippen LogP contribution in [-0.4, -0.2) is 25.3 Å². The minimum absolute atomic E-state index is 0.878. The number of alkyl halides is 1. The molecule has 0 fully saturated rings. The van der Waals surface area contributed by atoms with E-state index in [0.29, 0.717) is 0 Å². The van der Waals surface area contributed by atoms with Crippen molar-refractivity contribution in [2.24, 2.45) is 0 Å². The lowest BCUT2D eigenvalue weighted by Crippen LogP contribution is -1.96. The molecule has 0 radical (unpaired) electrons. The van der Waals surface area contributed by atoms with Crippen molar-refractivity contribution in [3.8, 4) is 5.69 Å². The van der Waals surface area contributed by atoms with Crippen LogP contribution in [0.2, 0.25) is 0 Å². The number of halogens is 1. The fraction of sp³-hybridized carbons (Fsp3) is 0.154. The van der Waals surface area contributed by atoms with Crippen LogP contribution in [0.1, 0.15) is 5.69 Å². The van der Waals surface area contributed by atoms with Crippen molar-refractivity contribution in [1.82, 2.24) is 20.0 Å². The third kappa shape index (κ3) is 2.01. The maximum Gasteiger partial charge on any atom is 0.0840 e. The maximum atomic E-state index is 4.17. The van der Waals surface area contributed by atoms with E-state index in [1.807, 2.05) is 35.3 Å². The van der Waals surface area contributed by atoms with E-state index in [1.54, 1.807) is 6.20 Å². The molecule has 5 heteroatoms. The van der Waals surface area contributed by atoms with Crippen LogP contribution < -0.4 is 0 Å². The van der Waals surface area contributed by atoms with E-state index in [4.69, 9.17) is 0 Å². The fourth-order valence-electron chi connectivity index (χ4n) is 1.92. The normalized spacial score (nSPS) is 10.9. The number of nitrogens with zero attached hydrogens (tertiary/aromatic N) is 4. The van der Waals surface area contributed by atoms with Crippen molar-refractivity contribution >= 4 is 26.7 Å². The van der Waals surface area contributed by atoms with Gasteiger partial charge >= 0.3 is 0 Å². The molecule has 0 spiro atoms. The number of aromatic nitrogens is 4. The molecule has 0 saturated heterocycles. The largest absolute Gasteiger partial charge is 0.264 e. The van der Waals surface area contributed by atoms with Gasteiger partial charge < -0.3 is 0 Å². The first-order valence-electron chi connectivity index (χ1n) is 5.69. The van der Waals surface area contributed by atoms with Crippen molar-refractivity contribution in [3.05, 3.63) is 48.5 Å². The molecule has 3 rings (SSSR count). The van der Waals surface area contributed by atoms with Gasteiger partial charge in [-0.2, -0.15) is 0 Å². The zero-order valence-corrected chi connectivity index (χ0v) is 11.2. The Hall–Kier alpha value is -1.75. The lowest BCUT2D eigenvalue weighted by Gasteiger charge is -2.04. The third-order valence-electron chi connectivity index (χ3n) is 2.80. The smallest absolute Gasteiger partial charge is 0.0840 e. The van der Waals surface area contributed by atoms with Gasteiger partial charge in [0, 0.05) is 29.5 Å². The van der Waals surface area contributed by atoms with E-state index in [1.165, 1.54) is 0 Å². The SMILES string of the molecule is BrCCc1cn(-c2cccc3ccncc23)nn1. The summed E-state index contributed by atoms with van der Waals surface area (Å²) in [6.45, 7) is 0. The van der Waals surface area contributed by atoms with Crippen molar-refractivity contribution in [3.63, 3.8) is 0 Å². The van der Waals surface area contributed by atoms with Crippen molar-refractivity contribution in [2.75, 3.05) is 5.33 Å². The average molecular weight is 303 g/mol. The summed E-state index contributed by atoms with van der Waals surface area (Å²) in [5.41, 5.74) is 1.99. The lowest BCUT2D eigenvalue weighted by atomic mass is 10.1. The maximum absolute atomic E-state index is 4.17. The van der Waals surface area contributed by atoms with Crippen LogP contribution in [-0.2, 0) is 6.42 Å². The van der Waals surface area contributed by atoms with Crippen molar-refractivity contribution in [1.29, 1.82) is 0 Å². The molecule has 0 aliphatic rings. The highest BCUT2D eigenvalue weighted by Crippen LogP contribution is 2.20. The van der Waals surface area contributed by atoms with Crippen LogP contribution in [0.3, 0.4) is 0 Å². The Morgan fingerprint density at radius 2 is 2.17 bits per heavy atom. The second kappa shape index (κ2) is 4.86. The summed E-state index contributed by atoms with van der Waals surface area (Å²) in [6, 6.07) is 8.10. The molecule has 18 heavy (non-hydrogen) atoms. The number of hydrogen-bond acceptors (Lipinski definition) is 3. The van der Waals surface area contributed by atoms with E-state index in [-0.39, 0.29) is 0 Å². The third-order valence-corrected chi connectivity index (χ3v) is 3.20. The van der Waals surface area contributed by atoms with Gasteiger partial charge in [-0.05, 0) is 17.5 Å². The number of rotatable bonds is 3. The topological polar surface area (TPSA) is 43.6 Å². The van der Waals surface area contributed by atoms with Gasteiger partial charge in [-0.1, -0.05) is 33.3 Å². The Bertz CT molecular complexity index is 672. The second-order valence-corrected chi connectivity index (χ2v) is 4.76. The minimum atomic E-state index is 0.878. The number of pyridine rings is 1. The van der Waals surface area contributed by atoms with Crippen LogP contribution in [0.25, 0.3) is 16.5 Å². The molecule has 0 amide bonds. The molecule has 3 aromatic rings. The summed E-state index contributed by atoms with van der Waals surface area (Å²) in [4.78, 5) is 4.17. The summed E-state index contributed by atoms with van der Waals surface area (Å²) in [7, 11) is 0. The standard InChI is InChI=1S/C13H11BrN4/c14-6-4-11-9-18(17-16-11)13-3-1-2-10-5-7-15-8-12(10)13/h1-3,5,7-9H,4,6H2. The summed E-state index contributed by atoms with van der Waals surface area (Å²) in [6.07, 6.45) is 6.49. The lowest BCUT2D eigenvalue weighted by molar-refractivity contribution is 0.802. The molecule has 0 aliphatic carbocycles. The molecule has 2 heterocycles. The van der Waals surface area contributed by atoms with Crippen LogP contribution in [0, 0.1) is 0 Å². The number of hydrogen-bond donors (Lipinski definition) is 0. The molecule has 0 unspecified atom stereocenters. The van der Waals surface area contributed by atoms with Crippen LogP contribution >= 0.6 is 15.9 Å². The molecule has 0 aliphatic heterocycles. The molecule has 0 atom stereocenters. The van der Waals surface area contributed by atoms with Crippen molar-refractivity contribution < 1.29 is 0 Å². The molecular formula is C13H11BrN4. The second-order valence-electron chi connectivity index (χ2n) is 3.97. The molecule has 1 aromatic carbocycles. The molecular weight excluding hydrogens is 292 g/mol. The van der Waals surface area contributed by atoms with E-state index in [2.05, 4.69) is 37.3 Å². The highest BCUT2D eigenvalue weighted by atomic mass is 79.9. The zero-order valence-electron chi connectivity index (χ0n) is 9.62. The van der Waals surface area contributed by atoms with Gasteiger partial charge in [-0.15, -0.1) is 5.10 Å². The Morgan fingerprint density at radius 3 is 3.06 bits per heavy atom. The summed E-state index contributed by atoms with van der Waals surface area (Å²) >= 11 is 3.40. The molecule has 0 bridgehead atoms. The van der Waals surface area contributed by atoms with E-state index >= 15 is 0 Å². The first-order valence-corrected chi connectivity index (χ1v) is 6.81. The van der Waals surface area contributed by atoms with Gasteiger partial charge in [0.15, 0.2) is 0 Å². The zero-order chi connectivity index (χ0) is 12.4. The van der Waals surface area contributed by atoms with Crippen LogP contribution in [0.4, 0.5) is 0 Å². The summed E-state index contributed by atoms with van der Waals surface area (Å²) < 4.78 is 1.81. The Morgan fingerprint density at radius 1 is 1.22 bits per heavy atom. The highest BCUT2D eigenvalue weighted by molar-refractivity contribution is 9.09. The number of benzene rings is 1. The number of fused-ring (bicyclic) bond motifs is 1. The van der Waals surface area contributed by atoms with E-state index < -0.39 is 0 Å². The number of aryl methyl sites for hydroxylation is 1.